The van der Waals surface area contributed by atoms with E-state index in [0.29, 0.717) is 13.0 Å². The Kier molecular flexibility index (Phi) is 6.29. The third-order valence-electron chi connectivity index (χ3n) is 2.71. The van der Waals surface area contributed by atoms with Crippen LogP contribution in [0.3, 0.4) is 0 Å². The molecule has 0 aliphatic carbocycles. The van der Waals surface area contributed by atoms with Crippen LogP contribution in [0, 0.1) is 0 Å². The van der Waals surface area contributed by atoms with Crippen LogP contribution in [0.25, 0.3) is 0 Å². The van der Waals surface area contributed by atoms with E-state index < -0.39 is 17.7 Å². The molecule has 0 aromatic rings. The van der Waals surface area contributed by atoms with Gasteiger partial charge in [-0.25, -0.2) is 0 Å². The second-order valence-electron chi connectivity index (χ2n) is 5.45. The second kappa shape index (κ2) is 7.28. The summed E-state index contributed by atoms with van der Waals surface area (Å²) in [5.74, 6) is -0.339. The molecular weight excluding hydrogens is 373 g/mol. The van der Waals surface area contributed by atoms with Crippen molar-refractivity contribution in [1.82, 2.24) is 4.90 Å². The zero-order valence-electron chi connectivity index (χ0n) is 12.5. The van der Waals surface area contributed by atoms with E-state index in [4.69, 9.17) is 9.47 Å². The molecule has 1 saturated heterocycles. The van der Waals surface area contributed by atoms with Crippen LogP contribution in [-0.4, -0.2) is 39.3 Å². The Hall–Kier alpha value is -0.790. The van der Waals surface area contributed by atoms with Gasteiger partial charge in [0.05, 0.1) is 0 Å². The van der Waals surface area contributed by atoms with Gasteiger partial charge >= 0.3 is 131 Å². The summed E-state index contributed by atoms with van der Waals surface area (Å²) in [5, 5.41) is 0. The number of hydrogen-bond donors (Lipinski definition) is 0. The Morgan fingerprint density at radius 2 is 2.05 bits per heavy atom. The van der Waals surface area contributed by atoms with Crippen molar-refractivity contribution in [1.29, 1.82) is 0 Å². The zero-order valence-corrected chi connectivity index (χ0v) is 14.7. The summed E-state index contributed by atoms with van der Waals surface area (Å²) in [6.07, 6.45) is 1.01. The van der Waals surface area contributed by atoms with Crippen molar-refractivity contribution in [3.8, 4) is 0 Å². The first kappa shape index (κ1) is 17.3. The number of nitrogens with zero attached hydrogens (tertiary/aromatic N) is 1. The van der Waals surface area contributed by atoms with Crippen LogP contribution < -0.4 is 21.2 Å². The molecular formula is C14H23INO4-. The van der Waals surface area contributed by atoms with Crippen molar-refractivity contribution in [2.75, 3.05) is 6.61 Å². The third-order valence-corrected chi connectivity index (χ3v) is 5.28. The third kappa shape index (κ3) is 4.64. The van der Waals surface area contributed by atoms with Crippen molar-refractivity contribution in [3.05, 3.63) is 10.7 Å². The fraction of sp³-hybridized carbons (Fsp3) is 0.714. The molecule has 1 amide bonds. The van der Waals surface area contributed by atoms with Gasteiger partial charge in [-0.2, -0.15) is 0 Å². The summed E-state index contributed by atoms with van der Waals surface area (Å²) < 4.78 is 12.4. The van der Waals surface area contributed by atoms with Gasteiger partial charge in [-0.1, -0.05) is 0 Å². The van der Waals surface area contributed by atoms with Gasteiger partial charge in [-0.15, -0.1) is 0 Å². The molecule has 1 heterocycles. The standard InChI is InChI=1S/C14H23INO4/c1-6-15-11-9-8-10(12(17)19-7-2)16(11)13(18)20-14(3,4)5/h6,10-11H,1,7-9H2,2-5H3/q-1/t10-,11?/m0/s1. The minimum atomic E-state index is -0.573. The summed E-state index contributed by atoms with van der Waals surface area (Å²) in [6, 6.07) is -0.519. The second-order valence-corrected chi connectivity index (χ2v) is 8.49. The Morgan fingerprint density at radius 3 is 2.55 bits per heavy atom. The van der Waals surface area contributed by atoms with Gasteiger partial charge in [0.2, 0.25) is 0 Å². The minimum absolute atomic E-state index is 0.0653. The van der Waals surface area contributed by atoms with Crippen molar-refractivity contribution in [2.24, 2.45) is 0 Å². The quantitative estimate of drug-likeness (QED) is 0.279. The molecule has 1 fully saturated rings. The molecule has 116 valence electrons. The van der Waals surface area contributed by atoms with Crippen molar-refractivity contribution in [3.63, 3.8) is 0 Å². The molecule has 0 saturated carbocycles. The summed E-state index contributed by atoms with van der Waals surface area (Å²) >= 11 is -0.373. The number of amides is 1. The Balaban J connectivity index is 2.87. The topological polar surface area (TPSA) is 55.8 Å². The van der Waals surface area contributed by atoms with E-state index in [1.165, 1.54) is 0 Å². The van der Waals surface area contributed by atoms with E-state index in [0.717, 1.165) is 6.42 Å². The van der Waals surface area contributed by atoms with Crippen LogP contribution in [0.2, 0.25) is 0 Å². The number of alkyl halides is 1. The number of carbonyl (C=O) groups excluding carboxylic acids is 2. The molecule has 0 N–H and O–H groups in total. The molecule has 6 heteroatoms. The fourth-order valence-electron chi connectivity index (χ4n) is 2.02. The number of ether oxygens (including phenoxy) is 2. The molecule has 0 bridgehead atoms. The molecule has 1 aliphatic heterocycles. The van der Waals surface area contributed by atoms with E-state index in [1.54, 1.807) is 11.8 Å². The van der Waals surface area contributed by atoms with Crippen LogP contribution in [0.15, 0.2) is 10.7 Å². The summed E-state index contributed by atoms with van der Waals surface area (Å²) in [7, 11) is 0. The Morgan fingerprint density at radius 1 is 1.40 bits per heavy atom. The van der Waals surface area contributed by atoms with E-state index in [1.807, 2.05) is 24.9 Å². The maximum atomic E-state index is 12.3. The van der Waals surface area contributed by atoms with E-state index >= 15 is 0 Å². The predicted molar refractivity (Wildman–Crippen MR) is 71.7 cm³/mol. The number of hydrogen-bond acceptors (Lipinski definition) is 4. The van der Waals surface area contributed by atoms with E-state index in [-0.39, 0.29) is 31.2 Å². The molecule has 0 radical (unpaired) electrons. The molecule has 5 nitrogen and oxygen atoms in total. The molecule has 2 atom stereocenters. The van der Waals surface area contributed by atoms with Crippen molar-refractivity contribution in [2.45, 2.75) is 56.2 Å². The Bertz CT molecular complexity index is 378. The monoisotopic (exact) mass is 396 g/mol. The first-order valence-electron chi connectivity index (χ1n) is 6.71. The Labute approximate surface area is 130 Å². The number of carbonyl (C=O) groups is 2. The number of likely N-dealkylation sites (tertiary alicyclic amines) is 1. The van der Waals surface area contributed by atoms with E-state index in [9.17, 15) is 9.59 Å². The maximum absolute atomic E-state index is 12.3. The van der Waals surface area contributed by atoms with Crippen LogP contribution >= 0.6 is 0 Å². The molecule has 20 heavy (non-hydrogen) atoms. The number of esters is 1. The summed E-state index contributed by atoms with van der Waals surface area (Å²) in [6.45, 7) is 11.3. The van der Waals surface area contributed by atoms with Gasteiger partial charge in [0, 0.05) is 0 Å². The van der Waals surface area contributed by atoms with Crippen LogP contribution in [-0.2, 0) is 14.3 Å². The van der Waals surface area contributed by atoms with Crippen LogP contribution in [0.4, 0.5) is 4.79 Å². The molecule has 1 aliphatic rings. The van der Waals surface area contributed by atoms with E-state index in [2.05, 4.69) is 6.58 Å². The molecule has 1 unspecified atom stereocenters. The first-order chi connectivity index (χ1) is 9.30. The number of halogens is 1. The molecule has 0 aromatic carbocycles. The molecule has 0 spiro atoms. The average Bonchev–Trinajstić information content (AvgIpc) is 2.71. The molecule has 1 rings (SSSR count). The summed E-state index contributed by atoms with van der Waals surface area (Å²) in [5.41, 5.74) is -0.573. The fourth-order valence-corrected chi connectivity index (χ4v) is 4.29. The predicted octanol–water partition coefficient (Wildman–Crippen LogP) is -0.492. The normalized spacial score (nSPS) is 22.7. The SMILES string of the molecule is C=C[I-]C1CC[C@@H](C(=O)OCC)N1C(=O)OC(C)(C)C. The van der Waals surface area contributed by atoms with Gasteiger partial charge in [0.25, 0.3) is 0 Å². The van der Waals surface area contributed by atoms with Crippen LogP contribution in [0.5, 0.6) is 0 Å². The zero-order chi connectivity index (χ0) is 15.3. The van der Waals surface area contributed by atoms with Gasteiger partial charge < -0.3 is 0 Å². The molecule has 0 aromatic heterocycles. The van der Waals surface area contributed by atoms with Crippen molar-refractivity contribution < 1.29 is 40.3 Å². The summed E-state index contributed by atoms with van der Waals surface area (Å²) in [4.78, 5) is 25.9. The van der Waals surface area contributed by atoms with Crippen molar-refractivity contribution >= 4 is 12.1 Å². The number of rotatable bonds is 4. The van der Waals surface area contributed by atoms with Gasteiger partial charge in [-0.3, -0.25) is 0 Å². The van der Waals surface area contributed by atoms with Crippen LogP contribution in [0.1, 0.15) is 40.5 Å². The van der Waals surface area contributed by atoms with Gasteiger partial charge in [-0.05, 0) is 0 Å². The first-order valence-corrected chi connectivity index (χ1v) is 9.20. The van der Waals surface area contributed by atoms with Gasteiger partial charge in [0.15, 0.2) is 0 Å². The average molecular weight is 396 g/mol. The van der Waals surface area contributed by atoms with Gasteiger partial charge in [0.1, 0.15) is 0 Å².